The van der Waals surface area contributed by atoms with Gasteiger partial charge in [0.25, 0.3) is 0 Å². The van der Waals surface area contributed by atoms with Crippen molar-refractivity contribution < 1.29 is 23.9 Å². The molecule has 1 aromatic carbocycles. The van der Waals surface area contributed by atoms with Crippen LogP contribution in [0.1, 0.15) is 46.7 Å². The van der Waals surface area contributed by atoms with Gasteiger partial charge in [-0.25, -0.2) is 4.79 Å². The Morgan fingerprint density at radius 3 is 2.92 bits per heavy atom. The fourth-order valence-electron chi connectivity index (χ4n) is 3.43. The number of benzene rings is 1. The number of esters is 1. The second-order valence-electron chi connectivity index (χ2n) is 6.32. The van der Waals surface area contributed by atoms with Crippen molar-refractivity contribution in [3.8, 4) is 0 Å². The Bertz CT molecular complexity index is 669. The summed E-state index contributed by atoms with van der Waals surface area (Å²) in [5.41, 5.74) is 2.63. The molecule has 0 saturated carbocycles. The summed E-state index contributed by atoms with van der Waals surface area (Å²) in [6.07, 6.45) is 2.02. The van der Waals surface area contributed by atoms with Gasteiger partial charge in [-0.05, 0) is 36.5 Å². The number of alkyl carbamates (subject to hydrolysis) is 1. The highest BCUT2D eigenvalue weighted by Crippen LogP contribution is 2.30. The minimum Gasteiger partial charge on any atom is -0.469 e. The molecule has 0 spiro atoms. The highest BCUT2D eigenvalue weighted by atomic mass is 16.5. The zero-order valence-electron chi connectivity index (χ0n) is 13.7. The van der Waals surface area contributed by atoms with Crippen molar-refractivity contribution in [2.45, 2.75) is 31.6 Å². The predicted molar refractivity (Wildman–Crippen MR) is 85.9 cm³/mol. The Hall–Kier alpha value is -2.37. The van der Waals surface area contributed by atoms with Crippen LogP contribution in [-0.4, -0.2) is 38.1 Å². The highest BCUT2D eigenvalue weighted by molar-refractivity contribution is 6.01. The fraction of sp³-hybridized carbons (Fsp3) is 0.500. The first-order valence-corrected chi connectivity index (χ1v) is 8.23. The van der Waals surface area contributed by atoms with Gasteiger partial charge in [-0.1, -0.05) is 12.1 Å². The average Bonchev–Trinajstić information content (AvgIpc) is 2.57. The first-order valence-electron chi connectivity index (χ1n) is 8.23. The van der Waals surface area contributed by atoms with Gasteiger partial charge in [-0.2, -0.15) is 0 Å². The Kier molecular flexibility index (Phi) is 4.83. The van der Waals surface area contributed by atoms with E-state index in [0.717, 1.165) is 24.0 Å². The van der Waals surface area contributed by atoms with Crippen molar-refractivity contribution >= 4 is 17.8 Å². The lowest BCUT2D eigenvalue weighted by Gasteiger charge is -2.25. The largest absolute Gasteiger partial charge is 0.469 e. The molecule has 2 aliphatic rings. The van der Waals surface area contributed by atoms with E-state index in [0.29, 0.717) is 25.1 Å². The van der Waals surface area contributed by atoms with E-state index in [1.54, 1.807) is 0 Å². The molecule has 1 unspecified atom stereocenters. The van der Waals surface area contributed by atoms with E-state index >= 15 is 0 Å². The van der Waals surface area contributed by atoms with Crippen LogP contribution in [-0.2, 0) is 20.7 Å². The van der Waals surface area contributed by atoms with Crippen molar-refractivity contribution in [3.63, 3.8) is 0 Å². The number of ketones is 1. The van der Waals surface area contributed by atoms with Crippen LogP contribution >= 0.6 is 0 Å². The van der Waals surface area contributed by atoms with E-state index in [1.807, 2.05) is 18.2 Å². The molecule has 6 heteroatoms. The van der Waals surface area contributed by atoms with Gasteiger partial charge >= 0.3 is 12.1 Å². The van der Waals surface area contributed by atoms with E-state index in [2.05, 4.69) is 5.32 Å². The topological polar surface area (TPSA) is 81.7 Å². The molecule has 1 aliphatic heterocycles. The minimum absolute atomic E-state index is 0.0216. The number of ether oxygens (including phenoxy) is 2. The van der Waals surface area contributed by atoms with Gasteiger partial charge in [-0.3, -0.25) is 9.59 Å². The summed E-state index contributed by atoms with van der Waals surface area (Å²) in [6.45, 7) is 0.906. The third-order valence-corrected chi connectivity index (χ3v) is 4.76. The number of carbonyl (C=O) groups is 3. The maximum Gasteiger partial charge on any atom is 0.407 e. The van der Waals surface area contributed by atoms with Gasteiger partial charge < -0.3 is 14.8 Å². The quantitative estimate of drug-likeness (QED) is 0.840. The lowest BCUT2D eigenvalue weighted by atomic mass is 9.80. The molecule has 128 valence electrons. The van der Waals surface area contributed by atoms with Crippen molar-refractivity contribution in [1.29, 1.82) is 0 Å². The van der Waals surface area contributed by atoms with Gasteiger partial charge in [0.05, 0.1) is 19.6 Å². The van der Waals surface area contributed by atoms with Crippen LogP contribution in [0.2, 0.25) is 0 Å². The lowest BCUT2D eigenvalue weighted by Crippen LogP contribution is -2.32. The molecule has 1 aliphatic carbocycles. The van der Waals surface area contributed by atoms with Crippen molar-refractivity contribution in [2.24, 2.45) is 5.92 Å². The van der Waals surface area contributed by atoms with Crippen LogP contribution in [0.15, 0.2) is 18.2 Å². The minimum atomic E-state index is -0.394. The summed E-state index contributed by atoms with van der Waals surface area (Å²) < 4.78 is 9.74. The van der Waals surface area contributed by atoms with Crippen LogP contribution in [0.5, 0.6) is 0 Å². The molecule has 6 nitrogen and oxygen atoms in total. The molecular weight excluding hydrogens is 310 g/mol. The van der Waals surface area contributed by atoms with E-state index in [-0.39, 0.29) is 24.1 Å². The Morgan fingerprint density at radius 1 is 1.29 bits per heavy atom. The highest BCUT2D eigenvalue weighted by Gasteiger charge is 2.31. The molecule has 1 saturated heterocycles. The average molecular weight is 331 g/mol. The summed E-state index contributed by atoms with van der Waals surface area (Å²) in [4.78, 5) is 35.5. The molecule has 24 heavy (non-hydrogen) atoms. The molecule has 3 rings (SSSR count). The van der Waals surface area contributed by atoms with Crippen molar-refractivity contribution in [1.82, 2.24) is 5.32 Å². The molecule has 1 amide bonds. The number of amides is 1. The molecule has 1 heterocycles. The normalized spacial score (nSPS) is 24.0. The monoisotopic (exact) mass is 331 g/mol. The van der Waals surface area contributed by atoms with Gasteiger partial charge in [0, 0.05) is 24.4 Å². The van der Waals surface area contributed by atoms with Gasteiger partial charge in [-0.15, -0.1) is 0 Å². The van der Waals surface area contributed by atoms with Crippen LogP contribution in [0.3, 0.4) is 0 Å². The van der Waals surface area contributed by atoms with Gasteiger partial charge in [0.15, 0.2) is 5.78 Å². The third kappa shape index (κ3) is 3.42. The van der Waals surface area contributed by atoms with E-state index in [4.69, 9.17) is 9.47 Å². The molecule has 0 bridgehead atoms. The summed E-state index contributed by atoms with van der Waals surface area (Å²) in [6, 6.07) is 5.84. The maximum absolute atomic E-state index is 12.4. The molecule has 2 atom stereocenters. The number of Topliss-reactive ketones (excluding diaryl/α,β-unsaturated/α-hetero) is 1. The SMILES string of the molecule is COC(=O)C1CC(=O)c2cc([C@@H]3CCCOC(=O)NC3)ccc2C1. The number of carbonyl (C=O) groups excluding carboxylic acids is 3. The first kappa shape index (κ1) is 16.5. The molecule has 1 N–H and O–H groups in total. The van der Waals surface area contributed by atoms with Gasteiger partial charge in [0.2, 0.25) is 0 Å². The molecule has 0 radical (unpaired) electrons. The second kappa shape index (κ2) is 7.03. The molecule has 1 aromatic rings. The second-order valence-corrected chi connectivity index (χ2v) is 6.32. The van der Waals surface area contributed by atoms with Crippen LogP contribution in [0.4, 0.5) is 4.79 Å². The van der Waals surface area contributed by atoms with Crippen LogP contribution < -0.4 is 5.32 Å². The molecule has 0 aromatic heterocycles. The van der Waals surface area contributed by atoms with Gasteiger partial charge in [0.1, 0.15) is 0 Å². The van der Waals surface area contributed by atoms with Crippen molar-refractivity contribution in [3.05, 3.63) is 34.9 Å². The summed E-state index contributed by atoms with van der Waals surface area (Å²) in [7, 11) is 1.35. The number of nitrogens with one attached hydrogen (secondary N) is 1. The van der Waals surface area contributed by atoms with Crippen LogP contribution in [0, 0.1) is 5.92 Å². The van der Waals surface area contributed by atoms with E-state index < -0.39 is 12.0 Å². The first-order chi connectivity index (χ1) is 11.6. The summed E-state index contributed by atoms with van der Waals surface area (Å²) in [5.74, 6) is -0.583. The number of cyclic esters (lactones) is 1. The Morgan fingerprint density at radius 2 is 2.12 bits per heavy atom. The van der Waals surface area contributed by atoms with E-state index in [1.165, 1.54) is 7.11 Å². The number of fused-ring (bicyclic) bond motifs is 1. The third-order valence-electron chi connectivity index (χ3n) is 4.76. The predicted octanol–water partition coefficient (Wildman–Crippen LogP) is 2.21. The standard InChI is InChI=1S/C18H21NO5/c1-23-17(21)14-7-12-5-4-11(8-15(12)16(20)9-14)13-3-2-6-24-18(22)19-10-13/h4-5,8,13-14H,2-3,6-7,9-10H2,1H3,(H,19,22)/t13-,14?/m1/s1. The Labute approximate surface area is 140 Å². The summed E-state index contributed by atoms with van der Waals surface area (Å²) >= 11 is 0. The smallest absolute Gasteiger partial charge is 0.407 e. The maximum atomic E-state index is 12.4. The number of hydrogen-bond acceptors (Lipinski definition) is 5. The lowest BCUT2D eigenvalue weighted by molar-refractivity contribution is -0.145. The Balaban J connectivity index is 1.81. The number of rotatable bonds is 2. The molecular formula is C18H21NO5. The summed E-state index contributed by atoms with van der Waals surface area (Å²) in [5, 5.41) is 2.75. The molecule has 1 fully saturated rings. The zero-order valence-corrected chi connectivity index (χ0v) is 13.7. The van der Waals surface area contributed by atoms with Crippen LogP contribution in [0.25, 0.3) is 0 Å². The van der Waals surface area contributed by atoms with E-state index in [9.17, 15) is 14.4 Å². The fourth-order valence-corrected chi connectivity index (χ4v) is 3.43. The number of hydrogen-bond donors (Lipinski definition) is 1. The van der Waals surface area contributed by atoms with Crippen molar-refractivity contribution in [2.75, 3.05) is 20.3 Å². The number of methoxy groups -OCH3 is 1. The zero-order chi connectivity index (χ0) is 17.1.